The zero-order chi connectivity index (χ0) is 10.6. The van der Waals surface area contributed by atoms with Gasteiger partial charge in [0.1, 0.15) is 6.10 Å². The number of halogens is 1. The SMILES string of the molecule is NC(=O)C(O)CNc1ncc(I)cn1. The molecule has 7 heteroatoms. The third-order valence-corrected chi connectivity index (χ3v) is 1.96. The van der Waals surface area contributed by atoms with Gasteiger partial charge >= 0.3 is 0 Å². The first kappa shape index (κ1) is 11.1. The maximum Gasteiger partial charge on any atom is 0.248 e. The standard InChI is InChI=1S/C7H9IN4O2/c8-4-1-10-7(11-2-4)12-3-5(13)6(9)14/h1-2,5,13H,3H2,(H2,9,14)(H,10,11,12). The summed E-state index contributed by atoms with van der Waals surface area (Å²) >= 11 is 2.07. The van der Waals surface area contributed by atoms with Gasteiger partial charge in [-0.05, 0) is 22.6 Å². The van der Waals surface area contributed by atoms with Crippen LogP contribution in [0.2, 0.25) is 0 Å². The number of amides is 1. The Hall–Kier alpha value is -0.960. The van der Waals surface area contributed by atoms with E-state index in [0.29, 0.717) is 5.95 Å². The zero-order valence-electron chi connectivity index (χ0n) is 7.14. The van der Waals surface area contributed by atoms with Crippen LogP contribution in [0.3, 0.4) is 0 Å². The van der Waals surface area contributed by atoms with Crippen molar-refractivity contribution in [1.82, 2.24) is 9.97 Å². The number of nitrogens with two attached hydrogens (primary N) is 1. The number of primary amides is 1. The Morgan fingerprint density at radius 3 is 2.71 bits per heavy atom. The van der Waals surface area contributed by atoms with Gasteiger partial charge in [-0.3, -0.25) is 4.79 Å². The molecule has 0 aliphatic carbocycles. The Balaban J connectivity index is 2.46. The van der Waals surface area contributed by atoms with E-state index in [1.54, 1.807) is 12.4 Å². The number of aliphatic hydroxyl groups excluding tert-OH is 1. The maximum atomic E-state index is 10.5. The Kier molecular flexibility index (Phi) is 4.01. The van der Waals surface area contributed by atoms with Gasteiger partial charge in [0.05, 0.1) is 6.54 Å². The molecular formula is C7H9IN4O2. The van der Waals surface area contributed by atoms with Crippen molar-refractivity contribution in [2.75, 3.05) is 11.9 Å². The first-order valence-corrected chi connectivity index (χ1v) is 4.86. The quantitative estimate of drug-likeness (QED) is 0.641. The predicted octanol–water partition coefficient (Wildman–Crippen LogP) is -0.661. The number of anilines is 1. The molecule has 76 valence electrons. The van der Waals surface area contributed by atoms with E-state index in [1.165, 1.54) is 0 Å². The van der Waals surface area contributed by atoms with Crippen LogP contribution >= 0.6 is 22.6 Å². The molecule has 0 saturated carbocycles. The molecule has 0 saturated heterocycles. The van der Waals surface area contributed by atoms with Gasteiger partial charge in [0.25, 0.3) is 0 Å². The number of nitrogens with zero attached hydrogens (tertiary/aromatic N) is 2. The maximum absolute atomic E-state index is 10.5. The molecule has 1 heterocycles. The summed E-state index contributed by atoms with van der Waals surface area (Å²) in [5.74, 6) is -0.422. The van der Waals surface area contributed by atoms with Crippen LogP contribution in [0.5, 0.6) is 0 Å². The molecule has 0 aliphatic rings. The molecule has 0 bridgehead atoms. The molecule has 0 fully saturated rings. The number of carbonyl (C=O) groups excluding carboxylic acids is 1. The highest BCUT2D eigenvalue weighted by molar-refractivity contribution is 14.1. The lowest BCUT2D eigenvalue weighted by Crippen LogP contribution is -2.34. The number of hydrogen-bond donors (Lipinski definition) is 3. The van der Waals surface area contributed by atoms with Crippen molar-refractivity contribution in [3.8, 4) is 0 Å². The monoisotopic (exact) mass is 308 g/mol. The van der Waals surface area contributed by atoms with Gasteiger partial charge in [-0.25, -0.2) is 9.97 Å². The zero-order valence-corrected chi connectivity index (χ0v) is 9.30. The average molecular weight is 308 g/mol. The van der Waals surface area contributed by atoms with Crippen molar-refractivity contribution in [3.63, 3.8) is 0 Å². The van der Waals surface area contributed by atoms with E-state index in [9.17, 15) is 4.79 Å². The summed E-state index contributed by atoms with van der Waals surface area (Å²) in [5, 5.41) is 11.7. The Bertz CT molecular complexity index is 316. The van der Waals surface area contributed by atoms with Crippen LogP contribution in [0.4, 0.5) is 5.95 Å². The largest absolute Gasteiger partial charge is 0.381 e. The van der Waals surface area contributed by atoms with Gasteiger partial charge in [-0.15, -0.1) is 0 Å². The van der Waals surface area contributed by atoms with Crippen molar-refractivity contribution in [2.24, 2.45) is 5.73 Å². The van der Waals surface area contributed by atoms with Crippen LogP contribution in [0.15, 0.2) is 12.4 Å². The fourth-order valence-corrected chi connectivity index (χ4v) is 0.971. The van der Waals surface area contributed by atoms with Gasteiger partial charge in [-0.1, -0.05) is 0 Å². The number of rotatable bonds is 4. The van der Waals surface area contributed by atoms with E-state index in [0.717, 1.165) is 3.57 Å². The molecule has 0 aliphatic heterocycles. The van der Waals surface area contributed by atoms with E-state index in [2.05, 4.69) is 37.9 Å². The molecular weight excluding hydrogens is 299 g/mol. The van der Waals surface area contributed by atoms with Crippen LogP contribution in [-0.4, -0.2) is 33.6 Å². The molecule has 1 atom stereocenters. The summed E-state index contributed by atoms with van der Waals surface area (Å²) < 4.78 is 0.906. The van der Waals surface area contributed by atoms with Crippen molar-refractivity contribution in [3.05, 3.63) is 16.0 Å². The van der Waals surface area contributed by atoms with Gasteiger partial charge in [-0.2, -0.15) is 0 Å². The molecule has 1 unspecified atom stereocenters. The minimum absolute atomic E-state index is 0.00985. The average Bonchev–Trinajstić information content (AvgIpc) is 2.16. The molecule has 14 heavy (non-hydrogen) atoms. The summed E-state index contributed by atoms with van der Waals surface area (Å²) in [6.07, 6.45) is 2.01. The lowest BCUT2D eigenvalue weighted by molar-refractivity contribution is -0.125. The lowest BCUT2D eigenvalue weighted by Gasteiger charge is -2.07. The minimum atomic E-state index is -1.22. The van der Waals surface area contributed by atoms with Gasteiger partial charge < -0.3 is 16.2 Å². The number of hydrogen-bond acceptors (Lipinski definition) is 5. The van der Waals surface area contributed by atoms with Crippen LogP contribution in [0, 0.1) is 3.57 Å². The second-order valence-corrected chi connectivity index (χ2v) is 3.77. The first-order valence-electron chi connectivity index (χ1n) is 3.78. The van der Waals surface area contributed by atoms with E-state index in [1.807, 2.05) is 0 Å². The third kappa shape index (κ3) is 3.42. The molecule has 6 nitrogen and oxygen atoms in total. The Labute approximate surface area is 94.1 Å². The molecule has 0 spiro atoms. The highest BCUT2D eigenvalue weighted by Crippen LogP contribution is 2.02. The van der Waals surface area contributed by atoms with E-state index >= 15 is 0 Å². The predicted molar refractivity (Wildman–Crippen MR) is 58.4 cm³/mol. The molecule has 1 aromatic rings. The van der Waals surface area contributed by atoms with Crippen LogP contribution in [0.25, 0.3) is 0 Å². The van der Waals surface area contributed by atoms with Crippen LogP contribution in [0.1, 0.15) is 0 Å². The first-order chi connectivity index (χ1) is 6.59. The van der Waals surface area contributed by atoms with Crippen molar-refractivity contribution < 1.29 is 9.90 Å². The third-order valence-electron chi connectivity index (χ3n) is 1.40. The van der Waals surface area contributed by atoms with Crippen molar-refractivity contribution in [2.45, 2.75) is 6.10 Å². The highest BCUT2D eigenvalue weighted by atomic mass is 127. The Morgan fingerprint density at radius 1 is 1.64 bits per heavy atom. The fraction of sp³-hybridized carbons (Fsp3) is 0.286. The smallest absolute Gasteiger partial charge is 0.248 e. The van der Waals surface area contributed by atoms with Gasteiger partial charge in [0, 0.05) is 16.0 Å². The topological polar surface area (TPSA) is 101 Å². The number of nitrogens with one attached hydrogen (secondary N) is 1. The number of aromatic nitrogens is 2. The summed E-state index contributed by atoms with van der Waals surface area (Å²) in [6.45, 7) is 0.00985. The molecule has 1 rings (SSSR count). The van der Waals surface area contributed by atoms with Crippen molar-refractivity contribution in [1.29, 1.82) is 0 Å². The summed E-state index contributed by atoms with van der Waals surface area (Å²) in [5.41, 5.74) is 4.85. The second kappa shape index (κ2) is 5.05. The van der Waals surface area contributed by atoms with E-state index < -0.39 is 12.0 Å². The van der Waals surface area contributed by atoms with Gasteiger partial charge in [0.2, 0.25) is 11.9 Å². The fourth-order valence-electron chi connectivity index (χ4n) is 0.692. The molecule has 1 amide bonds. The Morgan fingerprint density at radius 2 is 2.21 bits per heavy atom. The van der Waals surface area contributed by atoms with E-state index in [-0.39, 0.29) is 6.54 Å². The molecule has 0 radical (unpaired) electrons. The normalized spacial score (nSPS) is 12.1. The summed E-state index contributed by atoms with van der Waals surface area (Å²) in [4.78, 5) is 18.3. The van der Waals surface area contributed by atoms with Crippen LogP contribution in [-0.2, 0) is 4.79 Å². The number of aliphatic hydroxyl groups is 1. The molecule has 4 N–H and O–H groups in total. The van der Waals surface area contributed by atoms with Crippen molar-refractivity contribution >= 4 is 34.4 Å². The number of carbonyl (C=O) groups is 1. The molecule has 0 aromatic carbocycles. The minimum Gasteiger partial charge on any atom is -0.381 e. The second-order valence-electron chi connectivity index (χ2n) is 2.52. The molecule has 1 aromatic heterocycles. The lowest BCUT2D eigenvalue weighted by atomic mass is 10.3. The summed E-state index contributed by atoms with van der Waals surface area (Å²) in [6, 6.07) is 0. The van der Waals surface area contributed by atoms with Gasteiger partial charge in [0.15, 0.2) is 0 Å². The highest BCUT2D eigenvalue weighted by Gasteiger charge is 2.10. The summed E-state index contributed by atoms with van der Waals surface area (Å²) in [7, 11) is 0. The van der Waals surface area contributed by atoms with E-state index in [4.69, 9.17) is 10.8 Å². The van der Waals surface area contributed by atoms with Crippen LogP contribution < -0.4 is 11.1 Å².